The van der Waals surface area contributed by atoms with Crippen molar-refractivity contribution in [2.24, 2.45) is 5.92 Å². The fraction of sp³-hybridized carbons (Fsp3) is 0.350. The largest absolute Gasteiger partial charge is 0.388 e. The van der Waals surface area contributed by atoms with Crippen molar-refractivity contribution in [1.29, 1.82) is 5.26 Å². The number of nitrogens with zero attached hydrogens (tertiary/aromatic N) is 1. The van der Waals surface area contributed by atoms with Crippen LogP contribution in [0, 0.1) is 24.2 Å². The molecule has 3 heteroatoms. The molecule has 1 aliphatic rings. The second-order valence-corrected chi connectivity index (χ2v) is 6.31. The first-order valence-electron chi connectivity index (χ1n) is 8.19. The SMILES string of the molecule is Cc1ccc(-c2ccc(C(O)C3CCCNC3)cc2)cc1C#N. The number of nitrogens with one attached hydrogen (secondary N) is 1. The second kappa shape index (κ2) is 6.95. The Bertz CT molecular complexity index is 709. The third-order valence-corrected chi connectivity index (χ3v) is 4.73. The molecule has 3 nitrogen and oxygen atoms in total. The van der Waals surface area contributed by atoms with Crippen LogP contribution in [-0.4, -0.2) is 18.2 Å². The van der Waals surface area contributed by atoms with Crippen molar-refractivity contribution in [3.05, 3.63) is 59.2 Å². The topological polar surface area (TPSA) is 56.0 Å². The predicted molar refractivity (Wildman–Crippen MR) is 91.9 cm³/mol. The normalized spacial score (nSPS) is 19.1. The zero-order valence-corrected chi connectivity index (χ0v) is 13.4. The van der Waals surface area contributed by atoms with E-state index in [1.165, 1.54) is 0 Å². The summed E-state index contributed by atoms with van der Waals surface area (Å²) in [6.07, 6.45) is 1.78. The maximum atomic E-state index is 10.5. The molecule has 3 rings (SSSR count). The molecule has 118 valence electrons. The number of aryl methyl sites for hydroxylation is 1. The lowest BCUT2D eigenvalue weighted by atomic mass is 9.89. The minimum Gasteiger partial charge on any atom is -0.388 e. The quantitative estimate of drug-likeness (QED) is 0.911. The van der Waals surface area contributed by atoms with Gasteiger partial charge in [0, 0.05) is 12.5 Å². The lowest BCUT2D eigenvalue weighted by Crippen LogP contribution is -2.33. The van der Waals surface area contributed by atoms with E-state index in [1.807, 2.05) is 49.4 Å². The molecule has 2 unspecified atom stereocenters. The molecule has 0 spiro atoms. The molecule has 0 bridgehead atoms. The number of hydrogen-bond acceptors (Lipinski definition) is 3. The number of benzene rings is 2. The Labute approximate surface area is 137 Å². The number of rotatable bonds is 3. The molecule has 0 aliphatic carbocycles. The van der Waals surface area contributed by atoms with E-state index < -0.39 is 6.10 Å². The first-order valence-corrected chi connectivity index (χ1v) is 8.19. The van der Waals surface area contributed by atoms with Gasteiger partial charge in [0.15, 0.2) is 0 Å². The van der Waals surface area contributed by atoms with Gasteiger partial charge in [0.25, 0.3) is 0 Å². The molecule has 1 heterocycles. The van der Waals surface area contributed by atoms with E-state index in [0.717, 1.165) is 48.2 Å². The Hall–Kier alpha value is -2.15. The Morgan fingerprint density at radius 3 is 2.57 bits per heavy atom. The fourth-order valence-corrected chi connectivity index (χ4v) is 3.22. The molecular weight excluding hydrogens is 284 g/mol. The summed E-state index contributed by atoms with van der Waals surface area (Å²) in [5, 5.41) is 23.1. The van der Waals surface area contributed by atoms with Gasteiger partial charge >= 0.3 is 0 Å². The van der Waals surface area contributed by atoms with Gasteiger partial charge in [0.05, 0.1) is 17.7 Å². The summed E-state index contributed by atoms with van der Waals surface area (Å²) in [4.78, 5) is 0. The van der Waals surface area contributed by atoms with E-state index in [9.17, 15) is 5.11 Å². The van der Waals surface area contributed by atoms with Gasteiger partial charge in [-0.3, -0.25) is 0 Å². The number of aliphatic hydroxyl groups excluding tert-OH is 1. The summed E-state index contributed by atoms with van der Waals surface area (Å²) in [6, 6.07) is 16.2. The van der Waals surface area contributed by atoms with Crippen LogP contribution in [0.5, 0.6) is 0 Å². The van der Waals surface area contributed by atoms with Gasteiger partial charge in [-0.05, 0) is 54.6 Å². The monoisotopic (exact) mass is 306 g/mol. The molecule has 2 N–H and O–H groups in total. The van der Waals surface area contributed by atoms with Crippen LogP contribution in [-0.2, 0) is 0 Å². The smallest absolute Gasteiger partial charge is 0.0994 e. The summed E-state index contributed by atoms with van der Waals surface area (Å²) in [6.45, 7) is 3.88. The van der Waals surface area contributed by atoms with Crippen LogP contribution in [0.2, 0.25) is 0 Å². The summed E-state index contributed by atoms with van der Waals surface area (Å²) in [7, 11) is 0. The second-order valence-electron chi connectivity index (χ2n) is 6.31. The average molecular weight is 306 g/mol. The summed E-state index contributed by atoms with van der Waals surface area (Å²) < 4.78 is 0. The molecule has 1 saturated heterocycles. The highest BCUT2D eigenvalue weighted by Crippen LogP contribution is 2.29. The molecular formula is C20H22N2O. The van der Waals surface area contributed by atoms with E-state index >= 15 is 0 Å². The minimum absolute atomic E-state index is 0.291. The molecule has 2 aromatic carbocycles. The first-order chi connectivity index (χ1) is 11.2. The van der Waals surface area contributed by atoms with Crippen molar-refractivity contribution in [3.63, 3.8) is 0 Å². The van der Waals surface area contributed by atoms with E-state index in [4.69, 9.17) is 5.26 Å². The van der Waals surface area contributed by atoms with Gasteiger partial charge in [0.1, 0.15) is 0 Å². The highest BCUT2D eigenvalue weighted by Gasteiger charge is 2.22. The maximum Gasteiger partial charge on any atom is 0.0994 e. The highest BCUT2D eigenvalue weighted by atomic mass is 16.3. The lowest BCUT2D eigenvalue weighted by Gasteiger charge is -2.27. The zero-order valence-electron chi connectivity index (χ0n) is 13.4. The van der Waals surface area contributed by atoms with E-state index in [0.29, 0.717) is 11.5 Å². The molecule has 0 amide bonds. The number of nitriles is 1. The third kappa shape index (κ3) is 3.44. The van der Waals surface area contributed by atoms with Crippen LogP contribution >= 0.6 is 0 Å². The van der Waals surface area contributed by atoms with Crippen LogP contribution in [0.25, 0.3) is 11.1 Å². The summed E-state index contributed by atoms with van der Waals surface area (Å²) >= 11 is 0. The van der Waals surface area contributed by atoms with Gasteiger partial charge in [-0.2, -0.15) is 5.26 Å². The van der Waals surface area contributed by atoms with Gasteiger partial charge in [-0.15, -0.1) is 0 Å². The Morgan fingerprint density at radius 1 is 1.17 bits per heavy atom. The predicted octanol–water partition coefficient (Wildman–Crippen LogP) is 3.57. The van der Waals surface area contributed by atoms with E-state index in [2.05, 4.69) is 11.4 Å². The van der Waals surface area contributed by atoms with Gasteiger partial charge in [-0.1, -0.05) is 36.4 Å². The molecule has 0 saturated carbocycles. The van der Waals surface area contributed by atoms with Crippen molar-refractivity contribution in [3.8, 4) is 17.2 Å². The molecule has 0 radical (unpaired) electrons. The molecule has 0 aromatic heterocycles. The molecule has 23 heavy (non-hydrogen) atoms. The van der Waals surface area contributed by atoms with Crippen LogP contribution in [0.4, 0.5) is 0 Å². The van der Waals surface area contributed by atoms with E-state index in [-0.39, 0.29) is 0 Å². The molecule has 2 atom stereocenters. The molecule has 2 aromatic rings. The Kier molecular flexibility index (Phi) is 4.76. The highest BCUT2D eigenvalue weighted by molar-refractivity contribution is 5.66. The van der Waals surface area contributed by atoms with Crippen LogP contribution < -0.4 is 5.32 Å². The third-order valence-electron chi connectivity index (χ3n) is 4.73. The van der Waals surface area contributed by atoms with Crippen molar-refractivity contribution in [1.82, 2.24) is 5.32 Å². The maximum absolute atomic E-state index is 10.5. The lowest BCUT2D eigenvalue weighted by molar-refractivity contribution is 0.0922. The Balaban J connectivity index is 1.80. The van der Waals surface area contributed by atoms with Crippen LogP contribution in [0.15, 0.2) is 42.5 Å². The standard InChI is InChI=1S/C20H22N2O/c1-14-4-5-17(11-19(14)12-21)15-6-8-16(9-7-15)20(23)18-3-2-10-22-13-18/h4-9,11,18,20,22-23H,2-3,10,13H2,1H3. The summed E-state index contributed by atoms with van der Waals surface area (Å²) in [5.41, 5.74) is 4.77. The van der Waals surface area contributed by atoms with Crippen molar-refractivity contribution >= 4 is 0 Å². The number of hydrogen-bond donors (Lipinski definition) is 2. The summed E-state index contributed by atoms with van der Waals surface area (Å²) in [5.74, 6) is 0.291. The van der Waals surface area contributed by atoms with Gasteiger partial charge in [0.2, 0.25) is 0 Å². The number of aliphatic hydroxyl groups is 1. The van der Waals surface area contributed by atoms with Gasteiger partial charge < -0.3 is 10.4 Å². The number of piperidine rings is 1. The Morgan fingerprint density at radius 2 is 1.91 bits per heavy atom. The molecule has 1 aliphatic heterocycles. The van der Waals surface area contributed by atoms with Crippen LogP contribution in [0.3, 0.4) is 0 Å². The minimum atomic E-state index is -0.412. The first kappa shape index (κ1) is 15.7. The van der Waals surface area contributed by atoms with Crippen molar-refractivity contribution < 1.29 is 5.11 Å². The van der Waals surface area contributed by atoms with Crippen molar-refractivity contribution in [2.75, 3.05) is 13.1 Å². The average Bonchev–Trinajstić information content (AvgIpc) is 2.62. The van der Waals surface area contributed by atoms with Crippen LogP contribution in [0.1, 0.15) is 35.6 Å². The van der Waals surface area contributed by atoms with Crippen molar-refractivity contribution in [2.45, 2.75) is 25.9 Å². The molecule has 1 fully saturated rings. The van der Waals surface area contributed by atoms with E-state index in [1.54, 1.807) is 0 Å². The fourth-order valence-electron chi connectivity index (χ4n) is 3.22. The van der Waals surface area contributed by atoms with Gasteiger partial charge in [-0.25, -0.2) is 0 Å². The zero-order chi connectivity index (χ0) is 16.2.